The Balaban J connectivity index is 2.02. The first-order valence-corrected chi connectivity index (χ1v) is 6.99. The van der Waals surface area contributed by atoms with Crippen LogP contribution >= 0.6 is 12.2 Å². The van der Waals surface area contributed by atoms with Crippen molar-refractivity contribution < 1.29 is 18.4 Å². The van der Waals surface area contributed by atoms with Gasteiger partial charge in [-0.1, -0.05) is 18.6 Å². The van der Waals surface area contributed by atoms with E-state index in [4.69, 9.17) is 18.0 Å². The second-order valence-corrected chi connectivity index (χ2v) is 5.77. The zero-order valence-electron chi connectivity index (χ0n) is 10.9. The Labute approximate surface area is 124 Å². The first-order valence-electron chi connectivity index (χ1n) is 6.58. The van der Waals surface area contributed by atoms with Gasteiger partial charge in [-0.2, -0.15) is 0 Å². The number of thiocarbonyl (C=S) groups is 1. The van der Waals surface area contributed by atoms with Gasteiger partial charge in [0.25, 0.3) is 11.8 Å². The van der Waals surface area contributed by atoms with Crippen LogP contribution in [0.2, 0.25) is 0 Å². The molecule has 0 bridgehead atoms. The maximum absolute atomic E-state index is 13.3. The Kier molecular flexibility index (Phi) is 3.24. The molecule has 1 saturated carbocycles. The van der Waals surface area contributed by atoms with E-state index in [1.165, 1.54) is 0 Å². The molecule has 0 radical (unpaired) electrons. The Morgan fingerprint density at radius 3 is 2.14 bits per heavy atom. The van der Waals surface area contributed by atoms with E-state index in [1.54, 1.807) is 0 Å². The van der Waals surface area contributed by atoms with Crippen molar-refractivity contribution in [3.63, 3.8) is 0 Å². The Bertz CT molecular complexity index is 636. The van der Waals surface area contributed by atoms with E-state index in [0.717, 1.165) is 23.5 Å². The monoisotopic (exact) mass is 310 g/mol. The molecule has 2 unspecified atom stereocenters. The number of hydrogen-bond donors (Lipinski definition) is 1. The zero-order valence-corrected chi connectivity index (χ0v) is 11.8. The summed E-state index contributed by atoms with van der Waals surface area (Å²) >= 11 is 4.98. The number of nitrogens with zero attached hydrogens (tertiary/aromatic N) is 1. The molecule has 3 rings (SSSR count). The first kappa shape index (κ1) is 14.1. The van der Waals surface area contributed by atoms with E-state index in [0.29, 0.717) is 12.8 Å². The Hall–Kier alpha value is -1.89. The number of benzene rings is 1. The molecule has 1 aliphatic heterocycles. The molecule has 1 aliphatic carbocycles. The number of carbonyl (C=O) groups excluding carboxylic acids is 2. The second-order valence-electron chi connectivity index (χ2n) is 5.30. The van der Waals surface area contributed by atoms with Crippen LogP contribution in [0.3, 0.4) is 0 Å². The molecule has 2 amide bonds. The van der Waals surface area contributed by atoms with E-state index >= 15 is 0 Å². The fourth-order valence-corrected chi connectivity index (χ4v) is 3.41. The van der Waals surface area contributed by atoms with Crippen molar-refractivity contribution >= 4 is 29.0 Å². The van der Waals surface area contributed by atoms with Crippen LogP contribution in [0.1, 0.15) is 40.0 Å². The number of imide groups is 1. The molecule has 0 aromatic heterocycles. The van der Waals surface area contributed by atoms with Crippen molar-refractivity contribution in [2.45, 2.75) is 25.3 Å². The smallest absolute Gasteiger partial charge is 0.261 e. The average molecular weight is 310 g/mol. The van der Waals surface area contributed by atoms with Gasteiger partial charge in [-0.25, -0.2) is 8.78 Å². The van der Waals surface area contributed by atoms with Gasteiger partial charge in [0.1, 0.15) is 0 Å². The predicted octanol–water partition coefficient (Wildman–Crippen LogP) is 2.02. The molecule has 2 atom stereocenters. The summed E-state index contributed by atoms with van der Waals surface area (Å²) in [6.45, 7) is 0. The highest BCUT2D eigenvalue weighted by molar-refractivity contribution is 7.80. The van der Waals surface area contributed by atoms with E-state index in [9.17, 15) is 18.4 Å². The highest BCUT2D eigenvalue weighted by Gasteiger charge is 2.45. The van der Waals surface area contributed by atoms with Crippen LogP contribution in [0.4, 0.5) is 8.78 Å². The van der Waals surface area contributed by atoms with Crippen LogP contribution in [0.15, 0.2) is 12.1 Å². The largest absolute Gasteiger partial charge is 0.393 e. The molecule has 1 aromatic carbocycles. The summed E-state index contributed by atoms with van der Waals surface area (Å²) in [7, 11) is 0. The summed E-state index contributed by atoms with van der Waals surface area (Å²) in [5.41, 5.74) is 5.45. The lowest BCUT2D eigenvalue weighted by molar-refractivity contribution is 0.0571. The standard InChI is InChI=1S/C14H12F2N2O2S/c15-9-4-7-8(5-10(9)16)14(20)18(13(7)19)11-3-1-2-6(11)12(17)21/h4-6,11H,1-3H2,(H2,17,21). The molecule has 0 spiro atoms. The molecule has 110 valence electrons. The number of fused-ring (bicyclic) bond motifs is 1. The summed E-state index contributed by atoms with van der Waals surface area (Å²) < 4.78 is 26.6. The summed E-state index contributed by atoms with van der Waals surface area (Å²) in [6.07, 6.45) is 2.09. The fourth-order valence-electron chi connectivity index (χ4n) is 3.14. The van der Waals surface area contributed by atoms with Crippen LogP contribution in [-0.2, 0) is 0 Å². The third-order valence-electron chi connectivity index (χ3n) is 4.14. The van der Waals surface area contributed by atoms with E-state index < -0.39 is 29.5 Å². The highest BCUT2D eigenvalue weighted by atomic mass is 32.1. The van der Waals surface area contributed by atoms with Crippen LogP contribution in [0.5, 0.6) is 0 Å². The van der Waals surface area contributed by atoms with E-state index in [1.807, 2.05) is 0 Å². The Morgan fingerprint density at radius 1 is 1.14 bits per heavy atom. The molecule has 21 heavy (non-hydrogen) atoms. The quantitative estimate of drug-likeness (QED) is 0.670. The van der Waals surface area contributed by atoms with Gasteiger partial charge < -0.3 is 5.73 Å². The van der Waals surface area contributed by atoms with Crippen molar-refractivity contribution in [1.82, 2.24) is 4.90 Å². The van der Waals surface area contributed by atoms with Gasteiger partial charge in [0, 0.05) is 12.0 Å². The van der Waals surface area contributed by atoms with Crippen molar-refractivity contribution in [3.8, 4) is 0 Å². The maximum Gasteiger partial charge on any atom is 0.261 e. The van der Waals surface area contributed by atoms with Crippen LogP contribution in [0, 0.1) is 17.6 Å². The van der Waals surface area contributed by atoms with Gasteiger partial charge in [0.05, 0.1) is 16.1 Å². The lowest BCUT2D eigenvalue weighted by Gasteiger charge is -2.27. The minimum Gasteiger partial charge on any atom is -0.393 e. The van der Waals surface area contributed by atoms with Gasteiger partial charge in [-0.05, 0) is 25.0 Å². The average Bonchev–Trinajstić information content (AvgIpc) is 2.97. The van der Waals surface area contributed by atoms with Crippen molar-refractivity contribution in [2.75, 3.05) is 0 Å². The number of rotatable bonds is 2. The van der Waals surface area contributed by atoms with Crippen LogP contribution in [0.25, 0.3) is 0 Å². The Morgan fingerprint density at radius 2 is 1.67 bits per heavy atom. The topological polar surface area (TPSA) is 63.4 Å². The molecular weight excluding hydrogens is 298 g/mol. The molecule has 7 heteroatoms. The molecule has 1 heterocycles. The van der Waals surface area contributed by atoms with Crippen LogP contribution in [-0.4, -0.2) is 27.7 Å². The van der Waals surface area contributed by atoms with Crippen molar-refractivity contribution in [3.05, 3.63) is 34.9 Å². The van der Waals surface area contributed by atoms with E-state index in [-0.39, 0.29) is 22.0 Å². The third-order valence-corrected chi connectivity index (χ3v) is 4.44. The molecule has 1 fully saturated rings. The minimum atomic E-state index is -1.14. The molecule has 1 aromatic rings. The number of halogens is 2. The SMILES string of the molecule is NC(=S)C1CCCC1N1C(=O)c2cc(F)c(F)cc2C1=O. The summed E-state index contributed by atoms with van der Waals surface area (Å²) in [6, 6.07) is 1.12. The molecule has 4 nitrogen and oxygen atoms in total. The summed E-state index contributed by atoms with van der Waals surface area (Å²) in [4.78, 5) is 26.0. The van der Waals surface area contributed by atoms with Crippen molar-refractivity contribution in [2.24, 2.45) is 11.7 Å². The third kappa shape index (κ3) is 2.03. The van der Waals surface area contributed by atoms with Gasteiger partial charge in [-0.15, -0.1) is 0 Å². The fraction of sp³-hybridized carbons (Fsp3) is 0.357. The number of nitrogens with two attached hydrogens (primary N) is 1. The normalized spacial score (nSPS) is 24.6. The predicted molar refractivity (Wildman–Crippen MR) is 74.8 cm³/mol. The van der Waals surface area contributed by atoms with Gasteiger partial charge >= 0.3 is 0 Å². The minimum absolute atomic E-state index is 0.104. The lowest BCUT2D eigenvalue weighted by atomic mass is 10.0. The molecular formula is C14H12F2N2O2S. The maximum atomic E-state index is 13.3. The zero-order chi connectivity index (χ0) is 15.3. The van der Waals surface area contributed by atoms with E-state index in [2.05, 4.69) is 0 Å². The molecule has 2 aliphatic rings. The highest BCUT2D eigenvalue weighted by Crippen LogP contribution is 2.36. The number of amides is 2. The van der Waals surface area contributed by atoms with Crippen molar-refractivity contribution in [1.29, 1.82) is 0 Å². The number of hydrogen-bond acceptors (Lipinski definition) is 3. The summed E-state index contributed by atoms with van der Waals surface area (Å²) in [5.74, 6) is -3.75. The lowest BCUT2D eigenvalue weighted by Crippen LogP contribution is -2.45. The first-order chi connectivity index (χ1) is 9.91. The van der Waals surface area contributed by atoms with Crippen LogP contribution < -0.4 is 5.73 Å². The second kappa shape index (κ2) is 4.84. The van der Waals surface area contributed by atoms with Gasteiger partial charge in [0.15, 0.2) is 11.6 Å². The van der Waals surface area contributed by atoms with Gasteiger partial charge in [-0.3, -0.25) is 14.5 Å². The number of carbonyl (C=O) groups is 2. The molecule has 2 N–H and O–H groups in total. The molecule has 0 saturated heterocycles. The van der Waals surface area contributed by atoms with Gasteiger partial charge in [0.2, 0.25) is 0 Å². The summed E-state index contributed by atoms with van der Waals surface area (Å²) in [5, 5.41) is 0.